The van der Waals surface area contributed by atoms with Crippen molar-refractivity contribution in [1.82, 2.24) is 4.98 Å². The van der Waals surface area contributed by atoms with Crippen molar-refractivity contribution in [3.05, 3.63) is 47.1 Å². The summed E-state index contributed by atoms with van der Waals surface area (Å²) in [5.74, 6) is 2.12. The van der Waals surface area contributed by atoms with E-state index in [1.54, 1.807) is 6.20 Å². The zero-order chi connectivity index (χ0) is 12.1. The lowest BCUT2D eigenvalue weighted by Crippen LogP contribution is -1.92. The minimum absolute atomic E-state index is 0.552. The van der Waals surface area contributed by atoms with Crippen LogP contribution in [0.15, 0.2) is 47.1 Å². The van der Waals surface area contributed by atoms with Crippen molar-refractivity contribution in [3.8, 4) is 17.4 Å². The molecule has 3 nitrogen and oxygen atoms in total. The van der Waals surface area contributed by atoms with Gasteiger partial charge in [0, 0.05) is 6.20 Å². The third-order valence-electron chi connectivity index (χ3n) is 2.07. The third kappa shape index (κ3) is 3.20. The molecule has 0 radical (unpaired) electrons. The van der Waals surface area contributed by atoms with E-state index in [9.17, 15) is 0 Å². The van der Waals surface area contributed by atoms with E-state index in [2.05, 4.69) is 20.9 Å². The molecule has 0 aliphatic rings. The van der Waals surface area contributed by atoms with E-state index < -0.39 is 0 Å². The molecule has 0 fully saturated rings. The van der Waals surface area contributed by atoms with E-state index in [4.69, 9.17) is 9.47 Å². The van der Waals surface area contributed by atoms with Crippen LogP contribution in [-0.2, 0) is 0 Å². The zero-order valence-electron chi connectivity index (χ0n) is 9.39. The molecule has 0 unspecified atom stereocenters. The van der Waals surface area contributed by atoms with Crippen LogP contribution in [0.25, 0.3) is 0 Å². The Morgan fingerprint density at radius 1 is 1.12 bits per heavy atom. The lowest BCUT2D eigenvalue weighted by atomic mass is 10.3. The number of hydrogen-bond acceptors (Lipinski definition) is 3. The van der Waals surface area contributed by atoms with Crippen LogP contribution >= 0.6 is 15.9 Å². The maximum absolute atomic E-state index is 5.63. The van der Waals surface area contributed by atoms with E-state index in [0.717, 1.165) is 16.0 Å². The van der Waals surface area contributed by atoms with Crippen LogP contribution in [0.5, 0.6) is 17.4 Å². The summed E-state index contributed by atoms with van der Waals surface area (Å²) in [6.45, 7) is 2.61. The van der Waals surface area contributed by atoms with Crippen LogP contribution in [0.1, 0.15) is 6.92 Å². The number of halogens is 1. The lowest BCUT2D eigenvalue weighted by Gasteiger charge is -2.07. The molecule has 2 aromatic rings. The van der Waals surface area contributed by atoms with E-state index >= 15 is 0 Å². The van der Waals surface area contributed by atoms with Gasteiger partial charge in [0.25, 0.3) is 0 Å². The van der Waals surface area contributed by atoms with Gasteiger partial charge >= 0.3 is 0 Å². The molecule has 0 bridgehead atoms. The smallest absolute Gasteiger partial charge is 0.233 e. The fraction of sp³-hybridized carbons (Fsp3) is 0.154. The van der Waals surface area contributed by atoms with Gasteiger partial charge < -0.3 is 9.47 Å². The Bertz CT molecular complexity index is 485. The van der Waals surface area contributed by atoms with Crippen molar-refractivity contribution in [2.24, 2.45) is 0 Å². The van der Waals surface area contributed by atoms with Crippen molar-refractivity contribution >= 4 is 15.9 Å². The molecule has 0 saturated heterocycles. The summed E-state index contributed by atoms with van der Waals surface area (Å²) in [6.07, 6.45) is 1.69. The van der Waals surface area contributed by atoms with Crippen LogP contribution in [0.2, 0.25) is 0 Å². The Kier molecular flexibility index (Phi) is 3.98. The van der Waals surface area contributed by atoms with Crippen molar-refractivity contribution in [2.45, 2.75) is 6.92 Å². The Hall–Kier alpha value is -1.55. The second kappa shape index (κ2) is 5.68. The SMILES string of the molecule is CCOc1ccc(Oc2ncccc2Br)cc1. The zero-order valence-corrected chi connectivity index (χ0v) is 11.0. The number of nitrogens with zero attached hydrogens (tertiary/aromatic N) is 1. The largest absolute Gasteiger partial charge is 0.494 e. The monoisotopic (exact) mass is 293 g/mol. The van der Waals surface area contributed by atoms with Crippen LogP contribution in [0.4, 0.5) is 0 Å². The number of aromatic nitrogens is 1. The van der Waals surface area contributed by atoms with Crippen LogP contribution in [0.3, 0.4) is 0 Å². The number of benzene rings is 1. The summed E-state index contributed by atoms with van der Waals surface area (Å²) < 4.78 is 11.8. The standard InChI is InChI=1S/C13H12BrNO2/c1-2-16-10-5-7-11(8-6-10)17-13-12(14)4-3-9-15-13/h3-9H,2H2,1H3. The van der Waals surface area contributed by atoms with Crippen molar-refractivity contribution < 1.29 is 9.47 Å². The fourth-order valence-corrected chi connectivity index (χ4v) is 1.66. The number of ether oxygens (including phenoxy) is 2. The van der Waals surface area contributed by atoms with Crippen LogP contribution in [-0.4, -0.2) is 11.6 Å². The highest BCUT2D eigenvalue weighted by atomic mass is 79.9. The topological polar surface area (TPSA) is 31.4 Å². The molecule has 1 aromatic carbocycles. The van der Waals surface area contributed by atoms with Crippen LogP contribution in [0, 0.1) is 0 Å². The number of hydrogen-bond donors (Lipinski definition) is 0. The first-order valence-electron chi connectivity index (χ1n) is 5.31. The average Bonchev–Trinajstić information content (AvgIpc) is 2.35. The summed E-state index contributed by atoms with van der Waals surface area (Å²) in [6, 6.07) is 11.2. The first kappa shape index (κ1) is 11.9. The van der Waals surface area contributed by atoms with Gasteiger partial charge in [0.2, 0.25) is 5.88 Å². The Labute approximate surface area is 109 Å². The van der Waals surface area contributed by atoms with E-state index in [1.807, 2.05) is 43.3 Å². The number of rotatable bonds is 4. The molecule has 0 amide bonds. The average molecular weight is 294 g/mol. The van der Waals surface area contributed by atoms with E-state index in [0.29, 0.717) is 12.5 Å². The number of pyridine rings is 1. The molecule has 88 valence electrons. The first-order chi connectivity index (χ1) is 8.29. The molecule has 2 rings (SSSR count). The Balaban J connectivity index is 2.11. The molecule has 0 N–H and O–H groups in total. The van der Waals surface area contributed by atoms with Gasteiger partial charge in [-0.25, -0.2) is 4.98 Å². The quantitative estimate of drug-likeness (QED) is 0.853. The molecule has 0 spiro atoms. The molecular weight excluding hydrogens is 282 g/mol. The van der Waals surface area contributed by atoms with Crippen molar-refractivity contribution in [3.63, 3.8) is 0 Å². The summed E-state index contributed by atoms with van der Waals surface area (Å²) in [7, 11) is 0. The van der Waals surface area contributed by atoms with Crippen molar-refractivity contribution in [1.29, 1.82) is 0 Å². The second-order valence-corrected chi connectivity index (χ2v) is 4.15. The van der Waals surface area contributed by atoms with Gasteiger partial charge in [-0.1, -0.05) is 0 Å². The predicted octanol–water partition coefficient (Wildman–Crippen LogP) is 4.04. The maximum atomic E-state index is 5.63. The lowest BCUT2D eigenvalue weighted by molar-refractivity contribution is 0.339. The molecule has 1 heterocycles. The minimum Gasteiger partial charge on any atom is -0.494 e. The van der Waals surface area contributed by atoms with Gasteiger partial charge in [-0.05, 0) is 59.3 Å². The van der Waals surface area contributed by atoms with Gasteiger partial charge in [-0.3, -0.25) is 0 Å². The van der Waals surface area contributed by atoms with Crippen LogP contribution < -0.4 is 9.47 Å². The van der Waals surface area contributed by atoms with Gasteiger partial charge in [-0.15, -0.1) is 0 Å². The molecule has 4 heteroatoms. The second-order valence-electron chi connectivity index (χ2n) is 3.30. The molecule has 0 aliphatic heterocycles. The molecule has 0 atom stereocenters. The fourth-order valence-electron chi connectivity index (χ4n) is 1.33. The molecular formula is C13H12BrNO2. The molecule has 0 aliphatic carbocycles. The molecule has 17 heavy (non-hydrogen) atoms. The predicted molar refractivity (Wildman–Crippen MR) is 69.6 cm³/mol. The Morgan fingerprint density at radius 3 is 2.47 bits per heavy atom. The Morgan fingerprint density at radius 2 is 1.82 bits per heavy atom. The minimum atomic E-state index is 0.552. The summed E-state index contributed by atoms with van der Waals surface area (Å²) >= 11 is 3.38. The van der Waals surface area contributed by atoms with Gasteiger partial charge in [0.05, 0.1) is 11.1 Å². The molecule has 1 aromatic heterocycles. The third-order valence-corrected chi connectivity index (χ3v) is 2.68. The summed E-state index contributed by atoms with van der Waals surface area (Å²) in [5.41, 5.74) is 0. The highest BCUT2D eigenvalue weighted by molar-refractivity contribution is 9.10. The van der Waals surface area contributed by atoms with Gasteiger partial charge in [-0.2, -0.15) is 0 Å². The maximum Gasteiger partial charge on any atom is 0.233 e. The summed E-state index contributed by atoms with van der Waals surface area (Å²) in [4.78, 5) is 4.13. The van der Waals surface area contributed by atoms with Crippen molar-refractivity contribution in [2.75, 3.05) is 6.61 Å². The first-order valence-corrected chi connectivity index (χ1v) is 6.10. The van der Waals surface area contributed by atoms with E-state index in [1.165, 1.54) is 0 Å². The molecule has 0 saturated carbocycles. The highest BCUT2D eigenvalue weighted by Gasteiger charge is 2.03. The summed E-state index contributed by atoms with van der Waals surface area (Å²) in [5, 5.41) is 0. The van der Waals surface area contributed by atoms with E-state index in [-0.39, 0.29) is 0 Å². The van der Waals surface area contributed by atoms with Gasteiger partial charge in [0.1, 0.15) is 11.5 Å². The highest BCUT2D eigenvalue weighted by Crippen LogP contribution is 2.27. The normalized spacial score (nSPS) is 10.0. The van der Waals surface area contributed by atoms with Gasteiger partial charge in [0.15, 0.2) is 0 Å².